The van der Waals surface area contributed by atoms with Crippen molar-refractivity contribution >= 4 is 16.5 Å². The Kier molecular flexibility index (Phi) is 3.64. The Morgan fingerprint density at radius 1 is 1.35 bits per heavy atom. The summed E-state index contributed by atoms with van der Waals surface area (Å²) in [5.74, 6) is 7.20. The first-order chi connectivity index (χ1) is 8.28. The Bertz CT molecular complexity index is 489. The van der Waals surface area contributed by atoms with Crippen molar-refractivity contribution in [1.82, 2.24) is 24.4 Å². The van der Waals surface area contributed by atoms with Crippen LogP contribution in [0.15, 0.2) is 0 Å². The molecule has 2 rings (SSSR count). The zero-order valence-corrected chi connectivity index (χ0v) is 10.7. The Hall–Kier alpha value is -1.54. The molecule has 0 aromatic carbocycles. The lowest BCUT2D eigenvalue weighted by Crippen LogP contribution is -2.11. The van der Waals surface area contributed by atoms with Gasteiger partial charge in [0.1, 0.15) is 16.5 Å². The lowest BCUT2D eigenvalue weighted by Gasteiger charge is -2.03. The first-order valence-corrected chi connectivity index (χ1v) is 6.26. The minimum absolute atomic E-state index is 0.548. The standard InChI is InChI=1S/C9H15N7S/c1-3-7-11-8(4-2)16(14-7)5-6-9(12-10)17-15-13-6/h12H,3-5,10H2,1-2H3. The SMILES string of the molecule is CCc1nc(CC)n(Cc2nnsc2NN)n1. The molecule has 0 aliphatic rings. The van der Waals surface area contributed by atoms with E-state index in [-0.39, 0.29) is 0 Å². The second-order valence-electron chi connectivity index (χ2n) is 3.50. The van der Waals surface area contributed by atoms with Crippen LogP contribution in [0.1, 0.15) is 31.2 Å². The first-order valence-electron chi connectivity index (χ1n) is 5.48. The van der Waals surface area contributed by atoms with Crippen LogP contribution in [0.3, 0.4) is 0 Å². The van der Waals surface area contributed by atoms with Crippen LogP contribution in [-0.4, -0.2) is 24.4 Å². The molecule has 8 heteroatoms. The van der Waals surface area contributed by atoms with Crippen molar-refractivity contribution in [2.75, 3.05) is 5.43 Å². The van der Waals surface area contributed by atoms with Crippen LogP contribution in [0.25, 0.3) is 0 Å². The first kappa shape index (κ1) is 11.9. The number of nitrogens with zero attached hydrogens (tertiary/aromatic N) is 5. The predicted molar refractivity (Wildman–Crippen MR) is 65.6 cm³/mol. The Morgan fingerprint density at radius 2 is 2.18 bits per heavy atom. The van der Waals surface area contributed by atoms with Gasteiger partial charge in [-0.05, 0) is 0 Å². The second-order valence-corrected chi connectivity index (χ2v) is 4.26. The van der Waals surface area contributed by atoms with E-state index in [1.165, 1.54) is 11.5 Å². The summed E-state index contributed by atoms with van der Waals surface area (Å²) in [5, 5.41) is 9.22. The fourth-order valence-electron chi connectivity index (χ4n) is 1.53. The third-order valence-electron chi connectivity index (χ3n) is 2.41. The zero-order chi connectivity index (χ0) is 12.3. The van der Waals surface area contributed by atoms with Gasteiger partial charge in [-0.1, -0.05) is 18.3 Å². The highest BCUT2D eigenvalue weighted by Gasteiger charge is 2.12. The molecule has 2 heterocycles. The smallest absolute Gasteiger partial charge is 0.150 e. The molecule has 0 unspecified atom stereocenters. The molecule has 17 heavy (non-hydrogen) atoms. The molecule has 0 spiro atoms. The number of nitrogens with two attached hydrogens (primary N) is 1. The second kappa shape index (κ2) is 5.19. The van der Waals surface area contributed by atoms with Crippen molar-refractivity contribution in [2.45, 2.75) is 33.2 Å². The van der Waals surface area contributed by atoms with Gasteiger partial charge >= 0.3 is 0 Å². The van der Waals surface area contributed by atoms with Gasteiger partial charge in [-0.25, -0.2) is 15.5 Å². The summed E-state index contributed by atoms with van der Waals surface area (Å²) in [6, 6.07) is 0. The van der Waals surface area contributed by atoms with Gasteiger partial charge in [-0.15, -0.1) is 5.10 Å². The molecule has 0 atom stereocenters. The van der Waals surface area contributed by atoms with Crippen molar-refractivity contribution in [3.63, 3.8) is 0 Å². The van der Waals surface area contributed by atoms with Crippen LogP contribution in [0.5, 0.6) is 0 Å². The van der Waals surface area contributed by atoms with Crippen molar-refractivity contribution in [1.29, 1.82) is 0 Å². The maximum Gasteiger partial charge on any atom is 0.150 e. The minimum atomic E-state index is 0.548. The van der Waals surface area contributed by atoms with Gasteiger partial charge in [0.15, 0.2) is 5.82 Å². The number of aromatic nitrogens is 5. The minimum Gasteiger partial charge on any atom is -0.313 e. The van der Waals surface area contributed by atoms with E-state index >= 15 is 0 Å². The maximum atomic E-state index is 5.39. The van der Waals surface area contributed by atoms with Gasteiger partial charge in [0, 0.05) is 24.4 Å². The van der Waals surface area contributed by atoms with Gasteiger partial charge in [0.2, 0.25) is 0 Å². The summed E-state index contributed by atoms with van der Waals surface area (Å²) in [6.45, 7) is 4.64. The Morgan fingerprint density at radius 3 is 2.82 bits per heavy atom. The van der Waals surface area contributed by atoms with Gasteiger partial charge in [0.05, 0.1) is 6.54 Å². The molecule has 0 radical (unpaired) electrons. The van der Waals surface area contributed by atoms with Crippen molar-refractivity contribution in [3.05, 3.63) is 17.3 Å². The van der Waals surface area contributed by atoms with E-state index in [9.17, 15) is 0 Å². The van der Waals surface area contributed by atoms with Gasteiger partial charge in [-0.3, -0.25) is 0 Å². The molecule has 92 valence electrons. The van der Waals surface area contributed by atoms with E-state index < -0.39 is 0 Å². The molecule has 2 aromatic rings. The molecular formula is C9H15N7S. The van der Waals surface area contributed by atoms with Crippen LogP contribution >= 0.6 is 11.5 Å². The van der Waals surface area contributed by atoms with Crippen LogP contribution in [-0.2, 0) is 19.4 Å². The van der Waals surface area contributed by atoms with E-state index in [0.29, 0.717) is 6.54 Å². The topological polar surface area (TPSA) is 94.5 Å². The highest BCUT2D eigenvalue weighted by atomic mass is 32.1. The van der Waals surface area contributed by atoms with E-state index in [1.807, 2.05) is 11.6 Å². The van der Waals surface area contributed by atoms with E-state index in [2.05, 4.69) is 32.0 Å². The zero-order valence-electron chi connectivity index (χ0n) is 9.84. The van der Waals surface area contributed by atoms with Gasteiger partial charge in [0.25, 0.3) is 0 Å². The largest absolute Gasteiger partial charge is 0.313 e. The normalized spacial score (nSPS) is 10.8. The number of hydrogen-bond donors (Lipinski definition) is 2. The van der Waals surface area contributed by atoms with Crippen LogP contribution < -0.4 is 11.3 Å². The summed E-state index contributed by atoms with van der Waals surface area (Å²) >= 11 is 1.24. The van der Waals surface area contributed by atoms with Gasteiger partial charge in [-0.2, -0.15) is 5.10 Å². The third-order valence-corrected chi connectivity index (χ3v) is 3.11. The van der Waals surface area contributed by atoms with Crippen molar-refractivity contribution < 1.29 is 0 Å². The highest BCUT2D eigenvalue weighted by molar-refractivity contribution is 7.10. The molecule has 0 aliphatic heterocycles. The average Bonchev–Trinajstić information content (AvgIpc) is 2.95. The lowest BCUT2D eigenvalue weighted by molar-refractivity contribution is 0.626. The molecule has 0 saturated carbocycles. The number of nitrogen functional groups attached to an aromatic ring is 1. The fourth-order valence-corrected chi connectivity index (χ4v) is 2.01. The van der Waals surface area contributed by atoms with E-state index in [1.54, 1.807) is 0 Å². The van der Waals surface area contributed by atoms with Crippen LogP contribution in [0, 0.1) is 0 Å². The van der Waals surface area contributed by atoms with Crippen LogP contribution in [0.4, 0.5) is 5.00 Å². The average molecular weight is 253 g/mol. The number of anilines is 1. The molecule has 2 aromatic heterocycles. The molecule has 7 nitrogen and oxygen atoms in total. The van der Waals surface area contributed by atoms with Gasteiger partial charge < -0.3 is 5.43 Å². The third kappa shape index (κ3) is 2.42. The molecule has 0 aliphatic carbocycles. The van der Waals surface area contributed by atoms with Crippen molar-refractivity contribution in [2.24, 2.45) is 5.84 Å². The highest BCUT2D eigenvalue weighted by Crippen LogP contribution is 2.17. The maximum absolute atomic E-state index is 5.39. The molecule has 3 N–H and O–H groups in total. The summed E-state index contributed by atoms with van der Waals surface area (Å²) in [4.78, 5) is 4.44. The Labute approximate surface area is 103 Å². The summed E-state index contributed by atoms with van der Waals surface area (Å²) in [5.41, 5.74) is 3.38. The number of aryl methyl sites for hydroxylation is 2. The predicted octanol–water partition coefficient (Wildman–Crippen LogP) is 0.588. The van der Waals surface area contributed by atoms with E-state index in [4.69, 9.17) is 5.84 Å². The monoisotopic (exact) mass is 253 g/mol. The summed E-state index contributed by atoms with van der Waals surface area (Å²) in [6.07, 6.45) is 1.67. The van der Waals surface area contributed by atoms with E-state index in [0.717, 1.165) is 35.2 Å². The lowest BCUT2D eigenvalue weighted by atomic mass is 10.4. The molecule has 0 bridgehead atoms. The quantitative estimate of drug-likeness (QED) is 0.598. The number of hydrazine groups is 1. The molecule has 0 saturated heterocycles. The summed E-state index contributed by atoms with van der Waals surface area (Å²) < 4.78 is 5.72. The van der Waals surface area contributed by atoms with Crippen LogP contribution in [0.2, 0.25) is 0 Å². The molecular weight excluding hydrogens is 238 g/mol. The van der Waals surface area contributed by atoms with Crippen molar-refractivity contribution in [3.8, 4) is 0 Å². The number of rotatable bonds is 5. The molecule has 0 amide bonds. The number of nitrogens with one attached hydrogen (secondary N) is 1. The molecule has 0 fully saturated rings. The number of hydrogen-bond acceptors (Lipinski definition) is 7. The fraction of sp³-hybridized carbons (Fsp3) is 0.556. The Balaban J connectivity index is 2.25. The summed E-state index contributed by atoms with van der Waals surface area (Å²) in [7, 11) is 0.